The summed E-state index contributed by atoms with van der Waals surface area (Å²) in [4.78, 5) is 39.8. The van der Waals surface area contributed by atoms with E-state index < -0.39 is 17.9 Å². The fourth-order valence-electron chi connectivity index (χ4n) is 4.38. The molecule has 1 aliphatic carbocycles. The number of rotatable bonds is 7. The van der Waals surface area contributed by atoms with E-state index in [2.05, 4.69) is 0 Å². The molecule has 0 radical (unpaired) electrons. The predicted octanol–water partition coefficient (Wildman–Crippen LogP) is 3.70. The molecule has 1 aliphatic heterocycles. The van der Waals surface area contributed by atoms with Crippen molar-refractivity contribution in [2.45, 2.75) is 32.8 Å². The molecule has 4 unspecified atom stereocenters. The number of benzene rings is 2. The van der Waals surface area contributed by atoms with E-state index in [9.17, 15) is 14.4 Å². The summed E-state index contributed by atoms with van der Waals surface area (Å²) in [7, 11) is 0. The molecule has 0 aromatic heterocycles. The maximum atomic E-state index is 13.4. The Labute approximate surface area is 182 Å². The van der Waals surface area contributed by atoms with Crippen LogP contribution in [0.3, 0.4) is 0 Å². The number of nitrogens with zero attached hydrogens (tertiary/aromatic N) is 1. The molecule has 1 fully saturated rings. The van der Waals surface area contributed by atoms with Crippen LogP contribution in [-0.2, 0) is 30.3 Å². The van der Waals surface area contributed by atoms with Gasteiger partial charge in [-0.25, -0.2) is 4.90 Å². The fourth-order valence-corrected chi connectivity index (χ4v) is 4.38. The lowest BCUT2D eigenvalue weighted by Crippen LogP contribution is -2.34. The third-order valence-electron chi connectivity index (χ3n) is 6.26. The quantitative estimate of drug-likeness (QED) is 0.387. The number of carbonyl (C=O) groups excluding carboxylic acids is 3. The first kappa shape index (κ1) is 21.2. The van der Waals surface area contributed by atoms with Crippen molar-refractivity contribution >= 4 is 23.5 Å². The first-order valence-electron chi connectivity index (χ1n) is 10.8. The molecule has 2 aromatic carbocycles. The highest BCUT2D eigenvalue weighted by molar-refractivity contribution is 6.22. The minimum absolute atomic E-state index is 0.115. The molecule has 1 saturated heterocycles. The number of hydrogen-bond acceptors (Lipinski definition) is 5. The van der Waals surface area contributed by atoms with E-state index in [0.717, 1.165) is 11.1 Å². The Morgan fingerprint density at radius 3 is 2.48 bits per heavy atom. The number of hydrogen-bond donors (Lipinski definition) is 0. The molecule has 4 rings (SSSR count). The van der Waals surface area contributed by atoms with Crippen LogP contribution in [0.5, 0.6) is 0 Å². The summed E-state index contributed by atoms with van der Waals surface area (Å²) in [6.07, 6.45) is 0.672. The molecule has 2 amide bonds. The maximum absolute atomic E-state index is 13.4. The van der Waals surface area contributed by atoms with Crippen molar-refractivity contribution in [2.24, 2.45) is 17.8 Å². The number of anilines is 1. The highest BCUT2D eigenvalue weighted by Gasteiger charge is 2.54. The molecule has 1 heterocycles. The van der Waals surface area contributed by atoms with Gasteiger partial charge < -0.3 is 9.47 Å². The number of ether oxygens (including phenoxy) is 2. The summed E-state index contributed by atoms with van der Waals surface area (Å²) in [5.74, 6) is -1.89. The smallest absolute Gasteiger partial charge is 0.308 e. The second-order valence-corrected chi connectivity index (χ2v) is 8.15. The second kappa shape index (κ2) is 9.02. The minimum Gasteiger partial charge on any atom is -0.463 e. The number of fused-ring (bicyclic) bond motifs is 2. The zero-order valence-electron chi connectivity index (χ0n) is 17.8. The standard InChI is InChI=1S/C25H27NO5/c1-3-16(2)25(29)31-14-13-30-22-19-12-8-7-9-17(19)15-20-21(22)24(28)26(23(20)27)18-10-5-4-6-11-18/h4-12,16,20-22H,3,13-15H2,1-2H3. The van der Waals surface area contributed by atoms with Crippen molar-refractivity contribution in [3.05, 3.63) is 65.7 Å². The Morgan fingerprint density at radius 1 is 1.03 bits per heavy atom. The maximum Gasteiger partial charge on any atom is 0.308 e. The van der Waals surface area contributed by atoms with Crippen molar-refractivity contribution in [3.63, 3.8) is 0 Å². The van der Waals surface area contributed by atoms with Gasteiger partial charge in [-0.05, 0) is 36.1 Å². The van der Waals surface area contributed by atoms with Gasteiger partial charge in [-0.1, -0.05) is 56.3 Å². The Bertz CT molecular complexity index is 973. The average Bonchev–Trinajstić information content (AvgIpc) is 3.05. The zero-order chi connectivity index (χ0) is 22.0. The number of para-hydroxylation sites is 1. The Morgan fingerprint density at radius 2 is 1.74 bits per heavy atom. The molecule has 2 aliphatic rings. The van der Waals surface area contributed by atoms with Crippen LogP contribution < -0.4 is 4.90 Å². The summed E-state index contributed by atoms with van der Waals surface area (Å²) in [5.41, 5.74) is 2.52. The summed E-state index contributed by atoms with van der Waals surface area (Å²) in [5, 5.41) is 0. The van der Waals surface area contributed by atoms with E-state index >= 15 is 0 Å². The molecule has 0 spiro atoms. The number of carbonyl (C=O) groups is 3. The molecule has 4 atom stereocenters. The summed E-state index contributed by atoms with van der Waals surface area (Å²) in [6.45, 7) is 4.04. The SMILES string of the molecule is CCC(C)C(=O)OCCOC1c2ccccc2CC2C(=O)N(c3ccccc3)C(=O)C21. The number of esters is 1. The highest BCUT2D eigenvalue weighted by Crippen LogP contribution is 2.46. The van der Waals surface area contributed by atoms with E-state index in [1.165, 1.54) is 4.90 Å². The number of amides is 2. The van der Waals surface area contributed by atoms with Gasteiger partial charge >= 0.3 is 5.97 Å². The summed E-state index contributed by atoms with van der Waals surface area (Å²) >= 11 is 0. The lowest BCUT2D eigenvalue weighted by Gasteiger charge is -2.32. The lowest BCUT2D eigenvalue weighted by atomic mass is 9.75. The van der Waals surface area contributed by atoms with E-state index in [1.54, 1.807) is 12.1 Å². The predicted molar refractivity (Wildman–Crippen MR) is 115 cm³/mol. The largest absolute Gasteiger partial charge is 0.463 e. The Balaban J connectivity index is 1.55. The molecule has 6 nitrogen and oxygen atoms in total. The van der Waals surface area contributed by atoms with Gasteiger partial charge in [-0.2, -0.15) is 0 Å². The van der Waals surface area contributed by atoms with Crippen LogP contribution in [0.15, 0.2) is 54.6 Å². The molecule has 31 heavy (non-hydrogen) atoms. The van der Waals surface area contributed by atoms with Crippen LogP contribution in [0.1, 0.15) is 37.5 Å². The molecule has 0 bridgehead atoms. The van der Waals surface area contributed by atoms with Crippen LogP contribution in [-0.4, -0.2) is 31.0 Å². The van der Waals surface area contributed by atoms with Crippen LogP contribution in [0.4, 0.5) is 5.69 Å². The zero-order valence-corrected chi connectivity index (χ0v) is 17.8. The number of imide groups is 1. The van der Waals surface area contributed by atoms with Crippen molar-refractivity contribution < 1.29 is 23.9 Å². The fraction of sp³-hybridized carbons (Fsp3) is 0.400. The van der Waals surface area contributed by atoms with Gasteiger partial charge in [0.25, 0.3) is 0 Å². The molecule has 0 saturated carbocycles. The molecular formula is C25H27NO5. The highest BCUT2D eigenvalue weighted by atomic mass is 16.6. The molecule has 2 aromatic rings. The topological polar surface area (TPSA) is 72.9 Å². The summed E-state index contributed by atoms with van der Waals surface area (Å²) < 4.78 is 11.4. The van der Waals surface area contributed by atoms with Gasteiger partial charge in [0, 0.05) is 0 Å². The third-order valence-corrected chi connectivity index (χ3v) is 6.26. The molecule has 6 heteroatoms. The van der Waals surface area contributed by atoms with Crippen LogP contribution in [0, 0.1) is 17.8 Å². The van der Waals surface area contributed by atoms with Gasteiger partial charge in [0.2, 0.25) is 11.8 Å². The Hall–Kier alpha value is -2.99. The van der Waals surface area contributed by atoms with Gasteiger partial charge in [0.15, 0.2) is 0 Å². The van der Waals surface area contributed by atoms with Gasteiger partial charge in [-0.15, -0.1) is 0 Å². The first-order valence-corrected chi connectivity index (χ1v) is 10.8. The van der Waals surface area contributed by atoms with Crippen molar-refractivity contribution in [3.8, 4) is 0 Å². The van der Waals surface area contributed by atoms with E-state index in [1.807, 2.05) is 56.3 Å². The Kier molecular flexibility index (Phi) is 6.18. The van der Waals surface area contributed by atoms with Gasteiger partial charge in [0.1, 0.15) is 6.61 Å². The lowest BCUT2D eigenvalue weighted by molar-refractivity contribution is -0.151. The van der Waals surface area contributed by atoms with E-state index in [-0.39, 0.29) is 36.9 Å². The second-order valence-electron chi connectivity index (χ2n) is 8.15. The van der Waals surface area contributed by atoms with E-state index in [0.29, 0.717) is 18.5 Å². The van der Waals surface area contributed by atoms with Crippen molar-refractivity contribution in [1.82, 2.24) is 0 Å². The average molecular weight is 421 g/mol. The normalized spacial score (nSPS) is 23.3. The van der Waals surface area contributed by atoms with Crippen LogP contribution in [0.25, 0.3) is 0 Å². The van der Waals surface area contributed by atoms with Gasteiger partial charge in [-0.3, -0.25) is 14.4 Å². The summed E-state index contributed by atoms with van der Waals surface area (Å²) in [6, 6.07) is 16.8. The monoisotopic (exact) mass is 421 g/mol. The molecule has 0 N–H and O–H groups in total. The minimum atomic E-state index is -0.590. The van der Waals surface area contributed by atoms with Crippen LogP contribution >= 0.6 is 0 Å². The molecule has 162 valence electrons. The van der Waals surface area contributed by atoms with Crippen LogP contribution in [0.2, 0.25) is 0 Å². The third kappa shape index (κ3) is 4.00. The molecular weight excluding hydrogens is 394 g/mol. The first-order chi connectivity index (χ1) is 15.0. The van der Waals surface area contributed by atoms with E-state index in [4.69, 9.17) is 9.47 Å². The van der Waals surface area contributed by atoms with Crippen molar-refractivity contribution in [2.75, 3.05) is 18.1 Å². The van der Waals surface area contributed by atoms with Gasteiger partial charge in [0.05, 0.1) is 36.2 Å². The van der Waals surface area contributed by atoms with Crippen molar-refractivity contribution in [1.29, 1.82) is 0 Å².